The van der Waals surface area contributed by atoms with Crippen LogP contribution in [0.15, 0.2) is 6.33 Å². The molecule has 0 aromatic carbocycles. The van der Waals surface area contributed by atoms with Gasteiger partial charge in [0, 0.05) is 0 Å². The second-order valence-corrected chi connectivity index (χ2v) is 7.06. The van der Waals surface area contributed by atoms with Gasteiger partial charge in [-0.25, -0.2) is 15.0 Å². The van der Waals surface area contributed by atoms with Gasteiger partial charge in [-0.2, -0.15) is 0 Å². The fourth-order valence-corrected chi connectivity index (χ4v) is 4.44. The quantitative estimate of drug-likeness (QED) is 0.780. The highest BCUT2D eigenvalue weighted by molar-refractivity contribution is 7.17. The zero-order valence-corrected chi connectivity index (χ0v) is 14.1. The van der Waals surface area contributed by atoms with E-state index >= 15 is 0 Å². The Morgan fingerprint density at radius 2 is 2.12 bits per heavy atom. The molecule has 2 aliphatic rings. The molecule has 1 amide bonds. The minimum atomic E-state index is -0.296. The van der Waals surface area contributed by atoms with Crippen LogP contribution in [0.5, 0.6) is 5.75 Å². The van der Waals surface area contributed by atoms with Gasteiger partial charge in [-0.3, -0.25) is 4.79 Å². The van der Waals surface area contributed by atoms with Gasteiger partial charge < -0.3 is 21.1 Å². The fourth-order valence-electron chi connectivity index (χ4n) is 3.48. The van der Waals surface area contributed by atoms with E-state index in [1.54, 1.807) is 0 Å². The number of methoxy groups -OCH3 is 1. The van der Waals surface area contributed by atoms with Crippen LogP contribution in [0, 0.1) is 0 Å². The standard InChI is InChI=1S/C15H18N6O2S/c1-23-8-11(16)17-7-18-12(8)20-14-19-10-9(24-14)13(22)21-15(10)5-3-2-4-6-15/h7H,2-6H2,1H3,(H,21,22)(H3,16,17,18,19,20). The van der Waals surface area contributed by atoms with E-state index in [2.05, 4.69) is 25.6 Å². The summed E-state index contributed by atoms with van der Waals surface area (Å²) in [7, 11) is 1.51. The molecular weight excluding hydrogens is 328 g/mol. The number of nitrogens with two attached hydrogens (primary N) is 1. The normalized spacial score (nSPS) is 18.3. The molecule has 2 aromatic rings. The lowest BCUT2D eigenvalue weighted by Gasteiger charge is -2.32. The lowest BCUT2D eigenvalue weighted by atomic mass is 9.81. The Kier molecular flexibility index (Phi) is 3.52. The van der Waals surface area contributed by atoms with Crippen molar-refractivity contribution in [3.05, 3.63) is 16.9 Å². The smallest absolute Gasteiger partial charge is 0.264 e. The molecule has 1 spiro atoms. The third kappa shape index (κ3) is 2.27. The summed E-state index contributed by atoms with van der Waals surface area (Å²) in [6, 6.07) is 0. The number of ether oxygens (including phenoxy) is 1. The van der Waals surface area contributed by atoms with Gasteiger partial charge in [0.15, 0.2) is 16.8 Å². The second kappa shape index (κ2) is 5.59. The average Bonchev–Trinajstić information content (AvgIpc) is 3.09. The first kappa shape index (κ1) is 15.1. The minimum absolute atomic E-state index is 0.0355. The predicted molar refractivity (Wildman–Crippen MR) is 90.6 cm³/mol. The summed E-state index contributed by atoms with van der Waals surface area (Å²) in [6.45, 7) is 0. The molecule has 0 radical (unpaired) electrons. The van der Waals surface area contributed by atoms with Crippen LogP contribution in [-0.4, -0.2) is 28.0 Å². The second-order valence-electron chi connectivity index (χ2n) is 6.06. The lowest BCUT2D eigenvalue weighted by Crippen LogP contribution is -2.41. The van der Waals surface area contributed by atoms with Gasteiger partial charge >= 0.3 is 0 Å². The first-order valence-electron chi connectivity index (χ1n) is 7.88. The Hall–Kier alpha value is -2.42. The van der Waals surface area contributed by atoms with Gasteiger partial charge in [-0.1, -0.05) is 30.6 Å². The number of thiazole rings is 1. The topological polar surface area (TPSA) is 115 Å². The maximum atomic E-state index is 12.3. The maximum Gasteiger partial charge on any atom is 0.264 e. The van der Waals surface area contributed by atoms with E-state index < -0.39 is 0 Å². The molecule has 1 saturated carbocycles. The summed E-state index contributed by atoms with van der Waals surface area (Å²) in [6.07, 6.45) is 6.67. The molecule has 126 valence electrons. The van der Waals surface area contributed by atoms with Crippen molar-refractivity contribution < 1.29 is 9.53 Å². The molecule has 4 N–H and O–H groups in total. The first-order chi connectivity index (χ1) is 11.6. The van der Waals surface area contributed by atoms with Gasteiger partial charge in [0.05, 0.1) is 18.3 Å². The van der Waals surface area contributed by atoms with E-state index in [-0.39, 0.29) is 17.3 Å². The van der Waals surface area contributed by atoms with Crippen molar-refractivity contribution in [2.24, 2.45) is 0 Å². The van der Waals surface area contributed by atoms with E-state index in [4.69, 9.17) is 10.5 Å². The summed E-state index contributed by atoms with van der Waals surface area (Å²) >= 11 is 1.33. The van der Waals surface area contributed by atoms with E-state index in [0.717, 1.165) is 31.4 Å². The number of aromatic nitrogens is 3. The van der Waals surface area contributed by atoms with Crippen LogP contribution in [0.1, 0.15) is 47.5 Å². The zero-order chi connectivity index (χ0) is 16.7. The molecule has 0 saturated heterocycles. The number of fused-ring (bicyclic) bond motifs is 2. The third-order valence-corrected chi connectivity index (χ3v) is 5.58. The number of nitrogens with zero attached hydrogens (tertiary/aromatic N) is 3. The van der Waals surface area contributed by atoms with E-state index in [1.165, 1.54) is 31.2 Å². The molecule has 4 rings (SSSR count). The van der Waals surface area contributed by atoms with E-state index in [9.17, 15) is 4.79 Å². The van der Waals surface area contributed by atoms with Crippen molar-refractivity contribution >= 4 is 34.0 Å². The molecule has 0 atom stereocenters. The van der Waals surface area contributed by atoms with Gasteiger partial charge in [-0.05, 0) is 12.8 Å². The van der Waals surface area contributed by atoms with Crippen molar-refractivity contribution in [1.82, 2.24) is 20.3 Å². The first-order valence-corrected chi connectivity index (χ1v) is 8.70. The number of amides is 1. The van der Waals surface area contributed by atoms with Crippen molar-refractivity contribution in [2.45, 2.75) is 37.6 Å². The monoisotopic (exact) mass is 346 g/mol. The molecule has 9 heteroatoms. The lowest BCUT2D eigenvalue weighted by molar-refractivity contribution is 0.0910. The minimum Gasteiger partial charge on any atom is -0.490 e. The Morgan fingerprint density at radius 1 is 1.33 bits per heavy atom. The third-order valence-electron chi connectivity index (χ3n) is 4.61. The number of hydrogen-bond donors (Lipinski definition) is 3. The van der Waals surface area contributed by atoms with Gasteiger partial charge in [0.25, 0.3) is 5.91 Å². The highest BCUT2D eigenvalue weighted by atomic mass is 32.1. The number of hydrogen-bond acceptors (Lipinski definition) is 8. The van der Waals surface area contributed by atoms with E-state index in [0.29, 0.717) is 21.6 Å². The predicted octanol–water partition coefficient (Wildman–Crippen LogP) is 2.17. The average molecular weight is 346 g/mol. The summed E-state index contributed by atoms with van der Waals surface area (Å²) < 4.78 is 5.24. The molecule has 1 fully saturated rings. The molecule has 24 heavy (non-hydrogen) atoms. The van der Waals surface area contributed by atoms with Gasteiger partial charge in [0.2, 0.25) is 5.75 Å². The highest BCUT2D eigenvalue weighted by Gasteiger charge is 2.46. The van der Waals surface area contributed by atoms with Crippen LogP contribution in [0.3, 0.4) is 0 Å². The Balaban J connectivity index is 1.68. The number of carbonyl (C=O) groups is 1. The SMILES string of the molecule is COc1c(N)ncnc1Nc1nc2c(s1)C(=O)NC21CCCCC1. The molecule has 1 aliphatic carbocycles. The molecule has 0 unspecified atom stereocenters. The van der Waals surface area contributed by atoms with Crippen LogP contribution < -0.4 is 21.1 Å². The Labute approximate surface area is 142 Å². The van der Waals surface area contributed by atoms with Crippen LogP contribution in [0.4, 0.5) is 16.8 Å². The largest absolute Gasteiger partial charge is 0.490 e. The maximum absolute atomic E-state index is 12.3. The Morgan fingerprint density at radius 3 is 2.88 bits per heavy atom. The number of carbonyl (C=O) groups excluding carboxylic acids is 1. The zero-order valence-electron chi connectivity index (χ0n) is 13.3. The number of anilines is 3. The van der Waals surface area contributed by atoms with Crippen LogP contribution in [-0.2, 0) is 5.54 Å². The van der Waals surface area contributed by atoms with Gasteiger partial charge in [0.1, 0.15) is 11.2 Å². The fraction of sp³-hybridized carbons (Fsp3) is 0.467. The van der Waals surface area contributed by atoms with E-state index in [1.807, 2.05) is 0 Å². The molecule has 1 aliphatic heterocycles. The number of nitrogens with one attached hydrogen (secondary N) is 2. The number of nitrogen functional groups attached to an aromatic ring is 1. The summed E-state index contributed by atoms with van der Waals surface area (Å²) in [4.78, 5) is 25.8. The van der Waals surface area contributed by atoms with Crippen molar-refractivity contribution in [1.29, 1.82) is 0 Å². The molecule has 3 heterocycles. The van der Waals surface area contributed by atoms with Crippen molar-refractivity contribution in [2.75, 3.05) is 18.2 Å². The molecule has 0 bridgehead atoms. The van der Waals surface area contributed by atoms with Crippen LogP contribution >= 0.6 is 11.3 Å². The summed E-state index contributed by atoms with van der Waals surface area (Å²) in [5, 5.41) is 6.86. The van der Waals surface area contributed by atoms with Crippen LogP contribution in [0.25, 0.3) is 0 Å². The van der Waals surface area contributed by atoms with Crippen LogP contribution in [0.2, 0.25) is 0 Å². The highest BCUT2D eigenvalue weighted by Crippen LogP contribution is 2.45. The van der Waals surface area contributed by atoms with Crippen molar-refractivity contribution in [3.8, 4) is 5.75 Å². The molecule has 2 aromatic heterocycles. The van der Waals surface area contributed by atoms with Gasteiger partial charge in [-0.15, -0.1) is 0 Å². The summed E-state index contributed by atoms with van der Waals surface area (Å²) in [5.74, 6) is 1.02. The van der Waals surface area contributed by atoms with Crippen molar-refractivity contribution in [3.63, 3.8) is 0 Å². The number of rotatable bonds is 3. The molecular formula is C15H18N6O2S. The Bertz CT molecular complexity index is 799. The summed E-state index contributed by atoms with van der Waals surface area (Å²) in [5.41, 5.74) is 6.36. The molecule has 8 nitrogen and oxygen atoms in total.